The Balaban J connectivity index is 1.88. The monoisotopic (exact) mass is 299 g/mol. The van der Waals surface area contributed by atoms with Crippen molar-refractivity contribution in [2.75, 3.05) is 5.32 Å². The molecule has 0 atom stereocenters. The van der Waals surface area contributed by atoms with E-state index in [-0.39, 0.29) is 5.41 Å². The third kappa shape index (κ3) is 4.83. The zero-order valence-corrected chi connectivity index (χ0v) is 13.5. The molecule has 3 nitrogen and oxygen atoms in total. The molecule has 21 heavy (non-hydrogen) atoms. The van der Waals surface area contributed by atoms with Crippen LogP contribution in [0.15, 0.2) is 48.7 Å². The SMILES string of the molecule is CC(C)(C)c1ccc(NC(=S)NCc2ccccn2)cc1. The maximum absolute atomic E-state index is 5.29. The summed E-state index contributed by atoms with van der Waals surface area (Å²) in [6.45, 7) is 7.23. The highest BCUT2D eigenvalue weighted by Gasteiger charge is 2.12. The molecule has 1 aromatic heterocycles. The van der Waals surface area contributed by atoms with Crippen molar-refractivity contribution in [3.05, 3.63) is 59.9 Å². The molecule has 0 aliphatic heterocycles. The molecule has 2 aromatic rings. The fourth-order valence-corrected chi connectivity index (χ4v) is 2.09. The van der Waals surface area contributed by atoms with Gasteiger partial charge in [0.2, 0.25) is 0 Å². The zero-order valence-electron chi connectivity index (χ0n) is 12.7. The average molecular weight is 299 g/mol. The first-order chi connectivity index (χ1) is 9.95. The topological polar surface area (TPSA) is 37.0 Å². The van der Waals surface area contributed by atoms with Crippen LogP contribution in [0, 0.1) is 0 Å². The number of pyridine rings is 1. The lowest BCUT2D eigenvalue weighted by Crippen LogP contribution is -2.28. The van der Waals surface area contributed by atoms with E-state index in [0.29, 0.717) is 11.7 Å². The highest BCUT2D eigenvalue weighted by Crippen LogP contribution is 2.23. The number of rotatable bonds is 3. The van der Waals surface area contributed by atoms with E-state index in [1.165, 1.54) is 5.56 Å². The van der Waals surface area contributed by atoms with Crippen LogP contribution in [0.3, 0.4) is 0 Å². The quantitative estimate of drug-likeness (QED) is 0.844. The fraction of sp³-hybridized carbons (Fsp3) is 0.294. The first-order valence-corrected chi connectivity index (χ1v) is 7.41. The van der Waals surface area contributed by atoms with Gasteiger partial charge in [-0.25, -0.2) is 0 Å². The summed E-state index contributed by atoms with van der Waals surface area (Å²) in [6, 6.07) is 14.2. The Labute approximate surface area is 131 Å². The lowest BCUT2D eigenvalue weighted by atomic mass is 9.87. The minimum Gasteiger partial charge on any atom is -0.357 e. The van der Waals surface area contributed by atoms with Crippen molar-refractivity contribution in [1.82, 2.24) is 10.3 Å². The highest BCUT2D eigenvalue weighted by molar-refractivity contribution is 7.80. The van der Waals surface area contributed by atoms with Crippen molar-refractivity contribution in [3.63, 3.8) is 0 Å². The van der Waals surface area contributed by atoms with Gasteiger partial charge in [0.15, 0.2) is 5.11 Å². The van der Waals surface area contributed by atoms with Crippen molar-refractivity contribution in [2.45, 2.75) is 32.7 Å². The molecule has 0 fully saturated rings. The Morgan fingerprint density at radius 2 is 1.81 bits per heavy atom. The maximum Gasteiger partial charge on any atom is 0.171 e. The van der Waals surface area contributed by atoms with Crippen molar-refractivity contribution in [3.8, 4) is 0 Å². The van der Waals surface area contributed by atoms with Crippen LogP contribution in [0.1, 0.15) is 32.0 Å². The smallest absolute Gasteiger partial charge is 0.171 e. The van der Waals surface area contributed by atoms with E-state index < -0.39 is 0 Å². The molecule has 0 aliphatic rings. The van der Waals surface area contributed by atoms with E-state index in [2.05, 4.69) is 60.7 Å². The molecule has 0 bridgehead atoms. The molecule has 0 aliphatic carbocycles. The summed E-state index contributed by atoms with van der Waals surface area (Å²) < 4.78 is 0. The van der Waals surface area contributed by atoms with Gasteiger partial charge in [-0.3, -0.25) is 4.98 Å². The second kappa shape index (κ2) is 6.68. The van der Waals surface area contributed by atoms with Crippen LogP contribution >= 0.6 is 12.2 Å². The first kappa shape index (κ1) is 15.4. The largest absolute Gasteiger partial charge is 0.357 e. The Morgan fingerprint density at radius 3 is 2.38 bits per heavy atom. The van der Waals surface area contributed by atoms with Gasteiger partial charge in [0.1, 0.15) is 0 Å². The van der Waals surface area contributed by atoms with Crippen LogP contribution in [-0.2, 0) is 12.0 Å². The second-order valence-electron chi connectivity index (χ2n) is 5.96. The van der Waals surface area contributed by atoms with Crippen molar-refractivity contribution < 1.29 is 0 Å². The van der Waals surface area contributed by atoms with Crippen LogP contribution in [0.2, 0.25) is 0 Å². The predicted molar refractivity (Wildman–Crippen MR) is 92.4 cm³/mol. The fourth-order valence-electron chi connectivity index (χ4n) is 1.90. The molecule has 0 amide bonds. The number of aromatic nitrogens is 1. The molecule has 0 saturated heterocycles. The van der Waals surface area contributed by atoms with Crippen molar-refractivity contribution in [1.29, 1.82) is 0 Å². The van der Waals surface area contributed by atoms with E-state index in [9.17, 15) is 0 Å². The van der Waals surface area contributed by atoms with E-state index >= 15 is 0 Å². The highest BCUT2D eigenvalue weighted by atomic mass is 32.1. The number of nitrogens with one attached hydrogen (secondary N) is 2. The molecule has 4 heteroatoms. The standard InChI is InChI=1S/C17H21N3S/c1-17(2,3)13-7-9-14(10-8-13)20-16(21)19-12-15-6-4-5-11-18-15/h4-11H,12H2,1-3H3,(H2,19,20,21). The van der Waals surface area contributed by atoms with Crippen LogP contribution in [0.5, 0.6) is 0 Å². The van der Waals surface area contributed by atoms with Gasteiger partial charge in [-0.2, -0.15) is 0 Å². The molecule has 110 valence electrons. The van der Waals surface area contributed by atoms with E-state index in [1.54, 1.807) is 6.20 Å². The average Bonchev–Trinajstić information content (AvgIpc) is 2.46. The zero-order chi connectivity index (χ0) is 15.3. The first-order valence-electron chi connectivity index (χ1n) is 7.00. The molecule has 0 saturated carbocycles. The van der Waals surface area contributed by atoms with Crippen LogP contribution in [-0.4, -0.2) is 10.1 Å². The molecular formula is C17H21N3S. The van der Waals surface area contributed by atoms with E-state index in [0.717, 1.165) is 11.4 Å². The molecule has 0 unspecified atom stereocenters. The van der Waals surface area contributed by atoms with E-state index in [1.807, 2.05) is 18.2 Å². The number of anilines is 1. The van der Waals surface area contributed by atoms with Gasteiger partial charge in [0.05, 0.1) is 12.2 Å². The Morgan fingerprint density at radius 1 is 1.10 bits per heavy atom. The van der Waals surface area contributed by atoms with Gasteiger partial charge in [-0.15, -0.1) is 0 Å². The van der Waals surface area contributed by atoms with Crippen LogP contribution in [0.4, 0.5) is 5.69 Å². The molecular weight excluding hydrogens is 278 g/mol. The Kier molecular flexibility index (Phi) is 4.91. The number of thiocarbonyl (C=S) groups is 1. The summed E-state index contributed by atoms with van der Waals surface area (Å²) >= 11 is 5.29. The predicted octanol–water partition coefficient (Wildman–Crippen LogP) is 3.87. The van der Waals surface area contributed by atoms with Gasteiger partial charge in [-0.05, 0) is 47.5 Å². The van der Waals surface area contributed by atoms with Gasteiger partial charge >= 0.3 is 0 Å². The van der Waals surface area contributed by atoms with Crippen molar-refractivity contribution >= 4 is 23.0 Å². The lowest BCUT2D eigenvalue weighted by molar-refractivity contribution is 0.590. The number of hydrogen-bond acceptors (Lipinski definition) is 2. The molecule has 1 heterocycles. The van der Waals surface area contributed by atoms with Crippen LogP contribution < -0.4 is 10.6 Å². The molecule has 1 aromatic carbocycles. The molecule has 0 radical (unpaired) electrons. The van der Waals surface area contributed by atoms with Gasteiger partial charge in [-0.1, -0.05) is 39.0 Å². The summed E-state index contributed by atoms with van der Waals surface area (Å²) in [4.78, 5) is 4.25. The number of hydrogen-bond donors (Lipinski definition) is 2. The molecule has 0 spiro atoms. The summed E-state index contributed by atoms with van der Waals surface area (Å²) in [5.41, 5.74) is 3.42. The normalized spacial score (nSPS) is 11.0. The lowest BCUT2D eigenvalue weighted by Gasteiger charge is -2.19. The number of benzene rings is 1. The summed E-state index contributed by atoms with van der Waals surface area (Å²) in [5.74, 6) is 0. The number of nitrogens with zero attached hydrogens (tertiary/aromatic N) is 1. The Bertz CT molecular complexity index is 586. The Hall–Kier alpha value is -1.94. The minimum atomic E-state index is 0.163. The van der Waals surface area contributed by atoms with Gasteiger partial charge < -0.3 is 10.6 Å². The van der Waals surface area contributed by atoms with Crippen LogP contribution in [0.25, 0.3) is 0 Å². The van der Waals surface area contributed by atoms with Crippen molar-refractivity contribution in [2.24, 2.45) is 0 Å². The minimum absolute atomic E-state index is 0.163. The summed E-state index contributed by atoms with van der Waals surface area (Å²) in [7, 11) is 0. The maximum atomic E-state index is 5.29. The third-order valence-corrected chi connectivity index (χ3v) is 3.41. The summed E-state index contributed by atoms with van der Waals surface area (Å²) in [6.07, 6.45) is 1.78. The molecule has 2 rings (SSSR count). The second-order valence-corrected chi connectivity index (χ2v) is 6.36. The summed E-state index contributed by atoms with van der Waals surface area (Å²) in [5, 5.41) is 6.93. The molecule has 2 N–H and O–H groups in total. The van der Waals surface area contributed by atoms with Gasteiger partial charge in [0.25, 0.3) is 0 Å². The van der Waals surface area contributed by atoms with Gasteiger partial charge in [0, 0.05) is 11.9 Å². The third-order valence-electron chi connectivity index (χ3n) is 3.17. The van der Waals surface area contributed by atoms with E-state index in [4.69, 9.17) is 12.2 Å².